The molecule has 0 aromatic rings. The smallest absolute Gasteiger partial charge is 0.330 e. The van der Waals surface area contributed by atoms with E-state index in [2.05, 4.69) is 0 Å². The van der Waals surface area contributed by atoms with Gasteiger partial charge in [0, 0.05) is 6.08 Å². The maximum Gasteiger partial charge on any atom is 0.330 e. The lowest BCUT2D eigenvalue weighted by atomic mass is 9.98. The number of ether oxygens (including phenoxy) is 3. The van der Waals surface area contributed by atoms with E-state index in [1.54, 1.807) is 40.7 Å². The molecular weight excluding hydrogens is 344 g/mol. The van der Waals surface area contributed by atoms with Crippen molar-refractivity contribution >= 4 is 5.97 Å². The molecule has 1 aliphatic rings. The monoisotopic (exact) mass is 376 g/mol. The summed E-state index contributed by atoms with van der Waals surface area (Å²) in [5, 5.41) is 38.8. The van der Waals surface area contributed by atoms with Crippen molar-refractivity contribution in [3.8, 4) is 0 Å². The van der Waals surface area contributed by atoms with Crippen molar-refractivity contribution in [3.63, 3.8) is 0 Å². The van der Waals surface area contributed by atoms with Gasteiger partial charge in [0.15, 0.2) is 6.29 Å². The van der Waals surface area contributed by atoms with E-state index in [1.807, 2.05) is 0 Å². The number of aliphatic hydroxyl groups excluding tert-OH is 4. The van der Waals surface area contributed by atoms with Crippen molar-refractivity contribution in [2.45, 2.75) is 89.4 Å². The lowest BCUT2D eigenvalue weighted by molar-refractivity contribution is -0.323. The number of hydrogen-bond acceptors (Lipinski definition) is 8. The summed E-state index contributed by atoms with van der Waals surface area (Å²) in [5.74, 6) is -0.426. The normalized spacial score (nSPS) is 30.6. The number of carbonyl (C=O) groups excluding carboxylic acids is 1. The Morgan fingerprint density at radius 1 is 1.08 bits per heavy atom. The molecule has 8 heteroatoms. The van der Waals surface area contributed by atoms with E-state index in [4.69, 9.17) is 14.2 Å². The Kier molecular flexibility index (Phi) is 8.19. The van der Waals surface area contributed by atoms with E-state index in [-0.39, 0.29) is 0 Å². The third-order valence-corrected chi connectivity index (χ3v) is 3.86. The molecule has 0 spiro atoms. The molecule has 0 bridgehead atoms. The first-order valence-electron chi connectivity index (χ1n) is 8.74. The second-order valence-corrected chi connectivity index (χ2v) is 8.05. The van der Waals surface area contributed by atoms with E-state index in [1.165, 1.54) is 6.08 Å². The van der Waals surface area contributed by atoms with Crippen LogP contribution in [0.3, 0.4) is 0 Å². The average molecular weight is 376 g/mol. The molecular formula is C18H32O8. The van der Waals surface area contributed by atoms with Gasteiger partial charge >= 0.3 is 5.97 Å². The van der Waals surface area contributed by atoms with Gasteiger partial charge in [-0.2, -0.15) is 0 Å². The zero-order chi connectivity index (χ0) is 20.1. The summed E-state index contributed by atoms with van der Waals surface area (Å²) >= 11 is 0. The summed E-state index contributed by atoms with van der Waals surface area (Å²) < 4.78 is 16.2. The lowest BCUT2D eigenvalue weighted by Gasteiger charge is -2.42. The van der Waals surface area contributed by atoms with Crippen LogP contribution in [-0.2, 0) is 19.0 Å². The highest BCUT2D eigenvalue weighted by Crippen LogP contribution is 2.27. The van der Waals surface area contributed by atoms with Crippen LogP contribution in [0, 0.1) is 0 Å². The van der Waals surface area contributed by atoms with Crippen LogP contribution in [0.15, 0.2) is 12.2 Å². The first-order valence-corrected chi connectivity index (χ1v) is 8.74. The summed E-state index contributed by atoms with van der Waals surface area (Å²) in [7, 11) is 0. The Hall–Kier alpha value is -1.03. The molecule has 0 aromatic carbocycles. The molecule has 0 aliphatic carbocycles. The molecule has 0 radical (unpaired) electrons. The molecule has 1 aliphatic heterocycles. The molecule has 8 nitrogen and oxygen atoms in total. The van der Waals surface area contributed by atoms with Crippen molar-refractivity contribution < 1.29 is 39.4 Å². The van der Waals surface area contributed by atoms with Crippen LogP contribution < -0.4 is 0 Å². The van der Waals surface area contributed by atoms with E-state index in [9.17, 15) is 25.2 Å². The molecule has 0 aromatic heterocycles. The minimum atomic E-state index is -1.48. The molecule has 0 unspecified atom stereocenters. The fourth-order valence-corrected chi connectivity index (χ4v) is 2.48. The van der Waals surface area contributed by atoms with Crippen LogP contribution in [0.4, 0.5) is 0 Å². The standard InChI is InChI=1S/C18H32O8/c1-17(2,3)25-12(20)8-6-7-9-18(4,5)26-16-15(23)14(22)13(21)11(10-19)24-16/h6,8,11,13-16,19,21-23H,7,9-10H2,1-5H3/b8-6+/t11-,13-,14+,15-,16+/m1/s1. The molecule has 1 rings (SSSR count). The second-order valence-electron chi connectivity index (χ2n) is 8.05. The summed E-state index contributed by atoms with van der Waals surface area (Å²) in [6, 6.07) is 0. The van der Waals surface area contributed by atoms with Gasteiger partial charge in [-0.05, 0) is 47.5 Å². The van der Waals surface area contributed by atoms with Crippen LogP contribution >= 0.6 is 0 Å². The predicted octanol–water partition coefficient (Wildman–Crippen LogP) is 0.260. The third-order valence-electron chi connectivity index (χ3n) is 3.86. The van der Waals surface area contributed by atoms with Crippen molar-refractivity contribution in [2.24, 2.45) is 0 Å². The fourth-order valence-electron chi connectivity index (χ4n) is 2.48. The molecule has 4 N–H and O–H groups in total. The first-order chi connectivity index (χ1) is 11.9. The van der Waals surface area contributed by atoms with Crippen molar-refractivity contribution in [1.29, 1.82) is 0 Å². The van der Waals surface area contributed by atoms with E-state index in [0.29, 0.717) is 12.8 Å². The Morgan fingerprint density at radius 2 is 1.69 bits per heavy atom. The van der Waals surface area contributed by atoms with Crippen LogP contribution in [-0.4, -0.2) is 74.9 Å². The molecule has 5 atom stereocenters. The quantitative estimate of drug-likeness (QED) is 0.368. The average Bonchev–Trinajstić information content (AvgIpc) is 2.50. The zero-order valence-corrected chi connectivity index (χ0v) is 16.1. The number of rotatable bonds is 7. The van der Waals surface area contributed by atoms with Gasteiger partial charge in [-0.3, -0.25) is 0 Å². The Bertz CT molecular complexity index is 480. The third kappa shape index (κ3) is 7.30. The molecule has 0 saturated carbocycles. The number of carbonyl (C=O) groups is 1. The van der Waals surface area contributed by atoms with Gasteiger partial charge in [0.25, 0.3) is 0 Å². The molecule has 1 saturated heterocycles. The molecule has 26 heavy (non-hydrogen) atoms. The predicted molar refractivity (Wildman–Crippen MR) is 93.2 cm³/mol. The summed E-state index contributed by atoms with van der Waals surface area (Å²) in [6.45, 7) is 8.40. The second kappa shape index (κ2) is 9.25. The first kappa shape index (κ1) is 23.0. The minimum absolute atomic E-state index is 0.426. The lowest BCUT2D eigenvalue weighted by Crippen LogP contribution is -2.60. The van der Waals surface area contributed by atoms with E-state index in [0.717, 1.165) is 0 Å². The van der Waals surface area contributed by atoms with Gasteiger partial charge in [0.2, 0.25) is 0 Å². The highest BCUT2D eigenvalue weighted by molar-refractivity contribution is 5.82. The number of aliphatic hydroxyl groups is 4. The van der Waals surface area contributed by atoms with Gasteiger partial charge in [0.1, 0.15) is 30.0 Å². The van der Waals surface area contributed by atoms with E-state index < -0.39 is 54.5 Å². The van der Waals surface area contributed by atoms with Gasteiger partial charge in [0.05, 0.1) is 12.2 Å². The Labute approximate surface area is 154 Å². The molecule has 0 amide bonds. The van der Waals surface area contributed by atoms with Crippen molar-refractivity contribution in [2.75, 3.05) is 6.61 Å². The SMILES string of the molecule is CC(C)(C)OC(=O)/C=C/CCC(C)(C)O[C@@H]1O[C@H](CO)[C@@H](O)[C@H](O)[C@H]1O. The molecule has 1 fully saturated rings. The van der Waals surface area contributed by atoms with Crippen LogP contribution in [0.25, 0.3) is 0 Å². The van der Waals surface area contributed by atoms with Gasteiger partial charge in [-0.15, -0.1) is 0 Å². The number of hydrogen-bond donors (Lipinski definition) is 4. The highest BCUT2D eigenvalue weighted by Gasteiger charge is 2.45. The van der Waals surface area contributed by atoms with Gasteiger partial charge < -0.3 is 34.6 Å². The van der Waals surface area contributed by atoms with Crippen LogP contribution in [0.2, 0.25) is 0 Å². The Balaban J connectivity index is 2.54. The minimum Gasteiger partial charge on any atom is -0.457 e. The maximum absolute atomic E-state index is 11.6. The number of esters is 1. The molecule has 152 valence electrons. The zero-order valence-electron chi connectivity index (χ0n) is 16.1. The highest BCUT2D eigenvalue weighted by atomic mass is 16.7. The molecule has 1 heterocycles. The summed E-state index contributed by atoms with van der Waals surface area (Å²) in [5.41, 5.74) is -1.29. The van der Waals surface area contributed by atoms with Crippen molar-refractivity contribution in [1.82, 2.24) is 0 Å². The van der Waals surface area contributed by atoms with Gasteiger partial charge in [-0.1, -0.05) is 6.08 Å². The maximum atomic E-state index is 11.6. The topological polar surface area (TPSA) is 126 Å². The fraction of sp³-hybridized carbons (Fsp3) is 0.833. The van der Waals surface area contributed by atoms with Crippen LogP contribution in [0.5, 0.6) is 0 Å². The summed E-state index contributed by atoms with van der Waals surface area (Å²) in [6.07, 6.45) is -2.49. The van der Waals surface area contributed by atoms with E-state index >= 15 is 0 Å². The van der Waals surface area contributed by atoms with Gasteiger partial charge in [-0.25, -0.2) is 4.79 Å². The number of allylic oxidation sites excluding steroid dienone is 1. The van der Waals surface area contributed by atoms with Crippen LogP contribution in [0.1, 0.15) is 47.5 Å². The van der Waals surface area contributed by atoms with Crippen molar-refractivity contribution in [3.05, 3.63) is 12.2 Å². The Morgan fingerprint density at radius 3 is 2.23 bits per heavy atom. The summed E-state index contributed by atoms with van der Waals surface area (Å²) in [4.78, 5) is 11.6. The largest absolute Gasteiger partial charge is 0.457 e.